The number of nitrogens with zero attached hydrogens (tertiary/aromatic N) is 1. The van der Waals surface area contributed by atoms with Gasteiger partial charge in [-0.05, 0) is 12.1 Å². The molecule has 0 saturated heterocycles. The lowest BCUT2D eigenvalue weighted by atomic mass is 10.3. The molecule has 2 aromatic heterocycles. The maximum absolute atomic E-state index is 5.78. The van der Waals surface area contributed by atoms with Gasteiger partial charge in [-0.2, -0.15) is 0 Å². The Labute approximate surface area is 84.8 Å². The molecule has 0 fully saturated rings. The Bertz CT molecular complexity index is 399. The van der Waals surface area contributed by atoms with E-state index in [-0.39, 0.29) is 12.4 Å². The summed E-state index contributed by atoms with van der Waals surface area (Å²) in [5, 5.41) is 0. The highest BCUT2D eigenvalue weighted by atomic mass is 35.5. The lowest BCUT2D eigenvalue weighted by molar-refractivity contribution is 1.43. The fraction of sp³-hybridized carbons (Fsp3) is 0. The van der Waals surface area contributed by atoms with Crippen LogP contribution < -0.4 is 5.73 Å². The van der Waals surface area contributed by atoms with Gasteiger partial charge in [0.1, 0.15) is 0 Å². The van der Waals surface area contributed by atoms with Crippen LogP contribution in [0.4, 0.5) is 5.69 Å². The molecule has 0 bridgehead atoms. The predicted molar refractivity (Wildman–Crippen MR) is 56.3 cm³/mol. The molecule has 12 heavy (non-hydrogen) atoms. The van der Waals surface area contributed by atoms with E-state index >= 15 is 0 Å². The molecule has 0 aliphatic rings. The van der Waals surface area contributed by atoms with Crippen LogP contribution in [0.25, 0.3) is 10.2 Å². The van der Waals surface area contributed by atoms with Gasteiger partial charge in [-0.3, -0.25) is 4.98 Å². The van der Waals surface area contributed by atoms with Crippen LogP contribution in [0.1, 0.15) is 0 Å². The lowest BCUT2D eigenvalue weighted by Crippen LogP contribution is -1.83. The first kappa shape index (κ1) is 9.58. The Morgan fingerprint density at radius 3 is 2.92 bits per heavy atom. The van der Waals surface area contributed by atoms with Gasteiger partial charge < -0.3 is 5.73 Å². The molecule has 0 aromatic carbocycles. The van der Waals surface area contributed by atoms with Crippen molar-refractivity contribution in [3.63, 3.8) is 0 Å². The Morgan fingerprint density at radius 1 is 1.50 bits per heavy atom. The molecule has 0 aliphatic carbocycles. The van der Waals surface area contributed by atoms with E-state index in [1.165, 1.54) is 11.3 Å². The fourth-order valence-corrected chi connectivity index (χ4v) is 2.03. The van der Waals surface area contributed by atoms with Gasteiger partial charge >= 0.3 is 0 Å². The van der Waals surface area contributed by atoms with E-state index in [9.17, 15) is 0 Å². The van der Waals surface area contributed by atoms with Crippen molar-refractivity contribution >= 4 is 51.2 Å². The molecule has 5 heteroatoms. The van der Waals surface area contributed by atoms with E-state index < -0.39 is 0 Å². The molecular weight excluding hydrogens is 215 g/mol. The van der Waals surface area contributed by atoms with Crippen molar-refractivity contribution in [2.75, 3.05) is 5.73 Å². The summed E-state index contributed by atoms with van der Waals surface area (Å²) < 4.78 is 1.70. The van der Waals surface area contributed by atoms with E-state index in [0.29, 0.717) is 0 Å². The van der Waals surface area contributed by atoms with E-state index in [0.717, 1.165) is 20.2 Å². The second-order valence-corrected chi connectivity index (χ2v) is 3.85. The lowest BCUT2D eigenvalue weighted by Gasteiger charge is -1.91. The molecule has 2 rings (SSSR count). The summed E-state index contributed by atoms with van der Waals surface area (Å²) in [5.74, 6) is 0. The standard InChI is InChI=1S/C7H5ClN2S.ClH/c8-6-3-5-7(11-6)4(9)1-2-10-5;/h1-3H,(H2,9,10);1H. The number of fused-ring (bicyclic) bond motifs is 1. The predicted octanol–water partition coefficient (Wildman–Crippen LogP) is 2.95. The molecule has 2 N–H and O–H groups in total. The van der Waals surface area contributed by atoms with Crippen LogP contribution in [-0.4, -0.2) is 4.98 Å². The number of nitrogen functional groups attached to an aromatic ring is 1. The normalized spacial score (nSPS) is 9.75. The molecule has 0 saturated carbocycles. The van der Waals surface area contributed by atoms with E-state index in [4.69, 9.17) is 17.3 Å². The summed E-state index contributed by atoms with van der Waals surface area (Å²) in [4.78, 5) is 4.11. The molecule has 0 atom stereocenters. The number of hydrogen-bond donors (Lipinski definition) is 1. The average molecular weight is 221 g/mol. The fourth-order valence-electron chi connectivity index (χ4n) is 0.929. The minimum Gasteiger partial charge on any atom is -0.397 e. The van der Waals surface area contributed by atoms with Crippen molar-refractivity contribution in [3.05, 3.63) is 22.7 Å². The molecule has 0 spiro atoms. The Kier molecular flexibility index (Phi) is 2.77. The quantitative estimate of drug-likeness (QED) is 0.742. The second kappa shape index (κ2) is 3.47. The summed E-state index contributed by atoms with van der Waals surface area (Å²) in [7, 11) is 0. The highest BCUT2D eigenvalue weighted by molar-refractivity contribution is 7.23. The number of anilines is 1. The molecule has 0 aliphatic heterocycles. The van der Waals surface area contributed by atoms with Crippen molar-refractivity contribution in [1.82, 2.24) is 4.98 Å². The van der Waals surface area contributed by atoms with Crippen molar-refractivity contribution < 1.29 is 0 Å². The Balaban J connectivity index is 0.000000720. The number of halogens is 2. The summed E-state index contributed by atoms with van der Waals surface area (Å²) in [6.45, 7) is 0. The van der Waals surface area contributed by atoms with Crippen LogP contribution in [0, 0.1) is 0 Å². The van der Waals surface area contributed by atoms with E-state index in [1.807, 2.05) is 6.07 Å². The molecule has 2 heterocycles. The van der Waals surface area contributed by atoms with Crippen molar-refractivity contribution in [1.29, 1.82) is 0 Å². The number of rotatable bonds is 0. The van der Waals surface area contributed by atoms with Gasteiger partial charge in [-0.15, -0.1) is 23.7 Å². The summed E-state index contributed by atoms with van der Waals surface area (Å²) in [6.07, 6.45) is 1.68. The zero-order chi connectivity index (χ0) is 7.84. The second-order valence-electron chi connectivity index (χ2n) is 2.17. The topological polar surface area (TPSA) is 38.9 Å². The van der Waals surface area contributed by atoms with Crippen LogP contribution in [0.15, 0.2) is 18.3 Å². The molecule has 0 radical (unpaired) electrons. The van der Waals surface area contributed by atoms with Gasteiger partial charge in [0, 0.05) is 6.20 Å². The van der Waals surface area contributed by atoms with Crippen LogP contribution in [0.3, 0.4) is 0 Å². The summed E-state index contributed by atoms with van der Waals surface area (Å²) in [6, 6.07) is 3.59. The van der Waals surface area contributed by atoms with Gasteiger partial charge in [-0.1, -0.05) is 11.6 Å². The highest BCUT2D eigenvalue weighted by Crippen LogP contribution is 2.31. The van der Waals surface area contributed by atoms with Gasteiger partial charge in [0.05, 0.1) is 20.2 Å². The highest BCUT2D eigenvalue weighted by Gasteiger charge is 2.02. The number of thiophene rings is 1. The Hall–Kier alpha value is -0.510. The van der Waals surface area contributed by atoms with Crippen LogP contribution in [0.2, 0.25) is 4.34 Å². The third kappa shape index (κ3) is 1.48. The molecular formula is C7H6Cl2N2S. The maximum Gasteiger partial charge on any atom is 0.0957 e. The first-order chi connectivity index (χ1) is 5.27. The van der Waals surface area contributed by atoms with Gasteiger partial charge in [0.15, 0.2) is 0 Å². The zero-order valence-corrected chi connectivity index (χ0v) is 8.34. The van der Waals surface area contributed by atoms with Crippen molar-refractivity contribution in [2.45, 2.75) is 0 Å². The molecule has 0 amide bonds. The van der Waals surface area contributed by atoms with Crippen LogP contribution in [-0.2, 0) is 0 Å². The average Bonchev–Trinajstić information content (AvgIpc) is 2.31. The third-order valence-electron chi connectivity index (χ3n) is 1.41. The van der Waals surface area contributed by atoms with Crippen molar-refractivity contribution in [3.8, 4) is 0 Å². The largest absolute Gasteiger partial charge is 0.397 e. The number of nitrogens with two attached hydrogens (primary N) is 1. The van der Waals surface area contributed by atoms with Gasteiger partial charge in [0.2, 0.25) is 0 Å². The smallest absolute Gasteiger partial charge is 0.0957 e. The Morgan fingerprint density at radius 2 is 2.25 bits per heavy atom. The van der Waals surface area contributed by atoms with Crippen LogP contribution >= 0.6 is 35.3 Å². The molecule has 64 valence electrons. The molecule has 0 unspecified atom stereocenters. The van der Waals surface area contributed by atoms with E-state index in [2.05, 4.69) is 4.98 Å². The minimum absolute atomic E-state index is 0. The van der Waals surface area contributed by atoms with Gasteiger partial charge in [-0.25, -0.2) is 0 Å². The maximum atomic E-state index is 5.78. The van der Waals surface area contributed by atoms with Crippen LogP contribution in [0.5, 0.6) is 0 Å². The summed E-state index contributed by atoms with van der Waals surface area (Å²) in [5.41, 5.74) is 7.30. The SMILES string of the molecule is Cl.Nc1ccnc2cc(Cl)sc12. The minimum atomic E-state index is 0. The van der Waals surface area contributed by atoms with E-state index in [1.54, 1.807) is 12.3 Å². The van der Waals surface area contributed by atoms with Gasteiger partial charge in [0.25, 0.3) is 0 Å². The first-order valence-corrected chi connectivity index (χ1v) is 4.26. The van der Waals surface area contributed by atoms with Crippen molar-refractivity contribution in [2.24, 2.45) is 0 Å². The first-order valence-electron chi connectivity index (χ1n) is 3.07. The monoisotopic (exact) mass is 220 g/mol. The third-order valence-corrected chi connectivity index (χ3v) is 2.71. The molecule has 2 aromatic rings. The zero-order valence-electron chi connectivity index (χ0n) is 5.95. The number of aromatic nitrogens is 1. The number of pyridine rings is 1. The number of hydrogen-bond acceptors (Lipinski definition) is 3. The summed E-state index contributed by atoms with van der Waals surface area (Å²) >= 11 is 7.23. The molecule has 2 nitrogen and oxygen atoms in total.